The number of allylic oxidation sites excluding steroid dienone is 2. The van der Waals surface area contributed by atoms with Crippen LogP contribution in [0.3, 0.4) is 0 Å². The minimum absolute atomic E-state index is 0.750. The van der Waals surface area contributed by atoms with Gasteiger partial charge in [0.15, 0.2) is 0 Å². The van der Waals surface area contributed by atoms with Gasteiger partial charge in [0.05, 0.1) is 0 Å². The summed E-state index contributed by atoms with van der Waals surface area (Å²) in [6, 6.07) is 0. The third-order valence-corrected chi connectivity index (χ3v) is 1.21. The fourth-order valence-corrected chi connectivity index (χ4v) is 0.679. The zero-order valence-electron chi connectivity index (χ0n) is 8.27. The Morgan fingerprint density at radius 3 is 2.09 bits per heavy atom. The molecule has 0 aromatic carbocycles. The molecule has 0 aliphatic carbocycles. The zero-order chi connectivity index (χ0) is 8.95. The van der Waals surface area contributed by atoms with Crippen molar-refractivity contribution in [2.45, 2.75) is 46.5 Å². The second kappa shape index (κ2) is 16.4. The number of hydrogen-bond acceptors (Lipinski definition) is 1. The van der Waals surface area contributed by atoms with Gasteiger partial charge < -0.3 is 5.73 Å². The fourth-order valence-electron chi connectivity index (χ4n) is 0.679. The second-order valence-electron chi connectivity index (χ2n) is 2.47. The summed E-state index contributed by atoms with van der Waals surface area (Å²) >= 11 is 0. The van der Waals surface area contributed by atoms with Gasteiger partial charge in [0.1, 0.15) is 0 Å². The van der Waals surface area contributed by atoms with Crippen LogP contribution in [-0.2, 0) is 0 Å². The summed E-state index contributed by atoms with van der Waals surface area (Å²) in [4.78, 5) is 0. The summed E-state index contributed by atoms with van der Waals surface area (Å²) in [5.74, 6) is 0. The van der Waals surface area contributed by atoms with Crippen LogP contribution in [0.15, 0.2) is 12.2 Å². The van der Waals surface area contributed by atoms with E-state index in [0.717, 1.165) is 6.54 Å². The van der Waals surface area contributed by atoms with Crippen LogP contribution in [0.4, 0.5) is 0 Å². The van der Waals surface area contributed by atoms with Gasteiger partial charge in [0, 0.05) is 0 Å². The van der Waals surface area contributed by atoms with E-state index in [9.17, 15) is 0 Å². The lowest BCUT2D eigenvalue weighted by molar-refractivity contribution is 0.729. The highest BCUT2D eigenvalue weighted by atomic mass is 14.5. The third kappa shape index (κ3) is 26.0. The zero-order valence-corrected chi connectivity index (χ0v) is 8.27. The molecule has 68 valence electrons. The van der Waals surface area contributed by atoms with Gasteiger partial charge in [-0.05, 0) is 26.3 Å². The summed E-state index contributed by atoms with van der Waals surface area (Å²) < 4.78 is 0. The molecule has 0 bridgehead atoms. The highest BCUT2D eigenvalue weighted by Crippen LogP contribution is 1.98. The monoisotopic (exact) mass is 157 g/mol. The maximum Gasteiger partial charge on any atom is -0.0106 e. The quantitative estimate of drug-likeness (QED) is 0.492. The van der Waals surface area contributed by atoms with Gasteiger partial charge in [0.25, 0.3) is 0 Å². The van der Waals surface area contributed by atoms with Crippen molar-refractivity contribution in [3.63, 3.8) is 0 Å². The molecule has 0 saturated carbocycles. The molecular formula is C10H23N. The first kappa shape index (κ1) is 13.3. The van der Waals surface area contributed by atoms with Gasteiger partial charge in [-0.3, -0.25) is 0 Å². The predicted octanol–water partition coefficient (Wildman–Crippen LogP) is 3.11. The van der Waals surface area contributed by atoms with Gasteiger partial charge in [0.2, 0.25) is 0 Å². The molecule has 2 N–H and O–H groups in total. The van der Waals surface area contributed by atoms with Crippen LogP contribution in [0, 0.1) is 0 Å². The van der Waals surface area contributed by atoms with E-state index in [1.807, 2.05) is 6.92 Å². The lowest BCUT2D eigenvalue weighted by Crippen LogP contribution is -1.87. The third-order valence-electron chi connectivity index (χ3n) is 1.21. The first-order chi connectivity index (χ1) is 5.33. The molecule has 11 heavy (non-hydrogen) atoms. The van der Waals surface area contributed by atoms with Gasteiger partial charge in [-0.2, -0.15) is 0 Å². The Kier molecular flexibility index (Phi) is 19.8. The van der Waals surface area contributed by atoms with Crippen molar-refractivity contribution < 1.29 is 0 Å². The molecule has 0 radical (unpaired) electrons. The van der Waals surface area contributed by atoms with E-state index in [1.165, 1.54) is 25.7 Å². The Labute approximate surface area is 71.7 Å². The lowest BCUT2D eigenvalue weighted by Gasteiger charge is -1.88. The van der Waals surface area contributed by atoms with E-state index >= 15 is 0 Å². The van der Waals surface area contributed by atoms with E-state index in [2.05, 4.69) is 26.0 Å². The molecule has 1 nitrogen and oxygen atoms in total. The number of unbranched alkanes of at least 4 members (excludes halogenated alkanes) is 3. The topological polar surface area (TPSA) is 26.0 Å². The van der Waals surface area contributed by atoms with Crippen molar-refractivity contribution in [2.24, 2.45) is 5.73 Å². The average molecular weight is 157 g/mol. The lowest BCUT2D eigenvalue weighted by atomic mass is 10.2. The predicted molar refractivity (Wildman–Crippen MR) is 53.7 cm³/mol. The first-order valence-corrected chi connectivity index (χ1v) is 4.64. The van der Waals surface area contributed by atoms with Crippen LogP contribution in [0.5, 0.6) is 0 Å². The van der Waals surface area contributed by atoms with Crippen molar-refractivity contribution in [3.05, 3.63) is 12.2 Å². The Hall–Kier alpha value is -0.300. The van der Waals surface area contributed by atoms with Crippen LogP contribution < -0.4 is 5.73 Å². The molecule has 0 aromatic heterocycles. The van der Waals surface area contributed by atoms with Crippen molar-refractivity contribution in [1.82, 2.24) is 0 Å². The normalized spacial score (nSPS) is 9.45. The minimum Gasteiger partial charge on any atom is -0.331 e. The van der Waals surface area contributed by atoms with Crippen LogP contribution in [-0.4, -0.2) is 6.54 Å². The molecule has 0 amide bonds. The standard InChI is InChI=1S/C8H16.C2H7N/c1-3-5-7-8-6-4-2;1-2-3/h3,5H,4,6-8H2,1-2H3;2-3H2,1H3/b5-3-;. The van der Waals surface area contributed by atoms with E-state index in [4.69, 9.17) is 5.73 Å². The summed E-state index contributed by atoms with van der Waals surface area (Å²) in [6.07, 6.45) is 9.69. The van der Waals surface area contributed by atoms with Gasteiger partial charge in [-0.15, -0.1) is 0 Å². The Morgan fingerprint density at radius 1 is 1.18 bits per heavy atom. The van der Waals surface area contributed by atoms with E-state index in [1.54, 1.807) is 0 Å². The van der Waals surface area contributed by atoms with Crippen LogP contribution in [0.2, 0.25) is 0 Å². The summed E-state index contributed by atoms with van der Waals surface area (Å²) in [5.41, 5.74) is 4.85. The Balaban J connectivity index is 0. The van der Waals surface area contributed by atoms with Gasteiger partial charge >= 0.3 is 0 Å². The van der Waals surface area contributed by atoms with Crippen LogP contribution in [0.1, 0.15) is 46.5 Å². The van der Waals surface area contributed by atoms with E-state index in [0.29, 0.717) is 0 Å². The highest BCUT2D eigenvalue weighted by molar-refractivity contribution is 4.75. The molecule has 0 atom stereocenters. The maximum atomic E-state index is 4.85. The Bertz CT molecular complexity index is 67.3. The van der Waals surface area contributed by atoms with Crippen LogP contribution in [0.25, 0.3) is 0 Å². The highest BCUT2D eigenvalue weighted by Gasteiger charge is 1.78. The average Bonchev–Trinajstić information content (AvgIpc) is 2.00. The minimum atomic E-state index is 0.750. The molecule has 0 heterocycles. The summed E-state index contributed by atoms with van der Waals surface area (Å²) in [6.45, 7) is 6.96. The number of hydrogen-bond donors (Lipinski definition) is 1. The van der Waals surface area contributed by atoms with E-state index in [-0.39, 0.29) is 0 Å². The molecule has 0 aliphatic rings. The van der Waals surface area contributed by atoms with Gasteiger partial charge in [-0.1, -0.05) is 38.8 Å². The van der Waals surface area contributed by atoms with E-state index < -0.39 is 0 Å². The molecule has 0 saturated heterocycles. The molecule has 0 spiro atoms. The first-order valence-electron chi connectivity index (χ1n) is 4.64. The number of rotatable bonds is 4. The molecule has 0 rings (SSSR count). The van der Waals surface area contributed by atoms with Crippen molar-refractivity contribution >= 4 is 0 Å². The van der Waals surface area contributed by atoms with Crippen LogP contribution >= 0.6 is 0 Å². The van der Waals surface area contributed by atoms with Crippen molar-refractivity contribution in [1.29, 1.82) is 0 Å². The Morgan fingerprint density at radius 2 is 1.73 bits per heavy atom. The van der Waals surface area contributed by atoms with Crippen molar-refractivity contribution in [2.75, 3.05) is 6.54 Å². The fraction of sp³-hybridized carbons (Fsp3) is 0.800. The SMILES string of the molecule is C/C=C\CCCCC.CCN. The molecule has 0 fully saturated rings. The number of nitrogens with two attached hydrogens (primary N) is 1. The summed E-state index contributed by atoms with van der Waals surface area (Å²) in [5, 5.41) is 0. The maximum absolute atomic E-state index is 4.85. The van der Waals surface area contributed by atoms with Crippen molar-refractivity contribution in [3.8, 4) is 0 Å². The molecule has 1 heteroatoms. The summed E-state index contributed by atoms with van der Waals surface area (Å²) in [7, 11) is 0. The second-order valence-corrected chi connectivity index (χ2v) is 2.47. The molecule has 0 aliphatic heterocycles. The van der Waals surface area contributed by atoms with Gasteiger partial charge in [-0.25, -0.2) is 0 Å². The largest absolute Gasteiger partial charge is 0.331 e. The molecule has 0 aromatic rings. The molecular weight excluding hydrogens is 134 g/mol. The smallest absolute Gasteiger partial charge is 0.0106 e. The molecule has 0 unspecified atom stereocenters.